The van der Waals surface area contributed by atoms with Crippen LogP contribution in [0.15, 0.2) is 97.2 Å². The van der Waals surface area contributed by atoms with E-state index in [4.69, 9.17) is 10.8 Å². The van der Waals surface area contributed by atoms with Gasteiger partial charge in [-0.2, -0.15) is 5.10 Å². The van der Waals surface area contributed by atoms with Gasteiger partial charge in [-0.3, -0.25) is 9.59 Å². The number of para-hydroxylation sites is 1. The third-order valence-corrected chi connectivity index (χ3v) is 5.38. The lowest BCUT2D eigenvalue weighted by Gasteiger charge is -2.25. The van der Waals surface area contributed by atoms with Gasteiger partial charge in [-0.25, -0.2) is 9.07 Å². The zero-order chi connectivity index (χ0) is 24.1. The van der Waals surface area contributed by atoms with Gasteiger partial charge in [0, 0.05) is 30.4 Å². The van der Waals surface area contributed by atoms with Gasteiger partial charge in [0.1, 0.15) is 11.9 Å². The number of halogens is 1. The number of nitrogens with zero attached hydrogens (tertiary/aromatic N) is 3. The fraction of sp³-hybridized carbons (Fsp3) is 0.0741. The molecule has 7 heteroatoms. The van der Waals surface area contributed by atoms with Crippen LogP contribution in [0, 0.1) is 5.82 Å². The average molecular weight is 455 g/mol. The summed E-state index contributed by atoms with van der Waals surface area (Å²) in [6.45, 7) is 0. The van der Waals surface area contributed by atoms with E-state index in [1.165, 1.54) is 36.2 Å². The van der Waals surface area contributed by atoms with Crippen molar-refractivity contribution in [3.63, 3.8) is 0 Å². The van der Waals surface area contributed by atoms with Gasteiger partial charge in [0.05, 0.1) is 11.4 Å². The molecule has 0 spiro atoms. The number of benzene rings is 3. The topological polar surface area (TPSA) is 81.2 Å². The van der Waals surface area contributed by atoms with Gasteiger partial charge >= 0.3 is 0 Å². The van der Waals surface area contributed by atoms with Crippen LogP contribution in [0.5, 0.6) is 0 Å². The standard InChI is InChI=1S/C27H23FN4O2/c1-31(26(27(29)34)20-11-8-12-22(28)17-20)24(33)16-15-21-18-32(23-13-6-3-7-14-23)30-25(21)19-9-4-2-5-10-19/h2-18,26H,1H3,(H2,29,34)/b16-15+. The van der Waals surface area contributed by atoms with Gasteiger partial charge in [0.15, 0.2) is 0 Å². The zero-order valence-corrected chi connectivity index (χ0v) is 18.5. The summed E-state index contributed by atoms with van der Waals surface area (Å²) < 4.78 is 15.4. The van der Waals surface area contributed by atoms with Crippen LogP contribution in [-0.2, 0) is 9.59 Å². The molecule has 0 aliphatic carbocycles. The SMILES string of the molecule is CN(C(=O)/C=C/c1cn(-c2ccccc2)nc1-c1ccccc1)C(C(N)=O)c1cccc(F)c1. The highest BCUT2D eigenvalue weighted by Crippen LogP contribution is 2.25. The lowest BCUT2D eigenvalue weighted by atomic mass is 10.0. The molecule has 0 radical (unpaired) electrons. The molecular weight excluding hydrogens is 431 g/mol. The Hall–Kier alpha value is -4.52. The molecule has 0 saturated heterocycles. The molecule has 1 atom stereocenters. The second kappa shape index (κ2) is 9.95. The number of hydrogen-bond donors (Lipinski definition) is 1. The van der Waals surface area contributed by atoms with Crippen molar-refractivity contribution in [1.29, 1.82) is 0 Å². The highest BCUT2D eigenvalue weighted by atomic mass is 19.1. The molecule has 0 aliphatic heterocycles. The molecule has 0 saturated carbocycles. The van der Waals surface area contributed by atoms with E-state index in [2.05, 4.69) is 0 Å². The van der Waals surface area contributed by atoms with Crippen LogP contribution in [0.25, 0.3) is 23.0 Å². The van der Waals surface area contributed by atoms with Crippen LogP contribution in [0.3, 0.4) is 0 Å². The van der Waals surface area contributed by atoms with Gasteiger partial charge in [-0.15, -0.1) is 0 Å². The zero-order valence-electron chi connectivity index (χ0n) is 18.5. The van der Waals surface area contributed by atoms with E-state index in [0.29, 0.717) is 11.3 Å². The van der Waals surface area contributed by atoms with Crippen LogP contribution in [0.1, 0.15) is 17.2 Å². The van der Waals surface area contributed by atoms with Crippen LogP contribution >= 0.6 is 0 Å². The molecule has 0 aliphatic rings. The lowest BCUT2D eigenvalue weighted by molar-refractivity contribution is -0.134. The second-order valence-corrected chi connectivity index (χ2v) is 7.72. The maximum Gasteiger partial charge on any atom is 0.247 e. The number of likely N-dealkylation sites (N-methyl/N-ethyl adjacent to an activating group) is 1. The van der Waals surface area contributed by atoms with E-state index in [1.807, 2.05) is 66.9 Å². The van der Waals surface area contributed by atoms with E-state index >= 15 is 0 Å². The van der Waals surface area contributed by atoms with Gasteiger partial charge in [-0.05, 0) is 35.9 Å². The van der Waals surface area contributed by atoms with Crippen molar-refractivity contribution in [2.24, 2.45) is 5.73 Å². The van der Waals surface area contributed by atoms with E-state index in [9.17, 15) is 14.0 Å². The van der Waals surface area contributed by atoms with Crippen molar-refractivity contribution in [2.75, 3.05) is 7.05 Å². The molecule has 6 nitrogen and oxygen atoms in total. The first-order valence-electron chi connectivity index (χ1n) is 10.6. The van der Waals surface area contributed by atoms with Gasteiger partial charge < -0.3 is 10.6 Å². The Morgan fingerprint density at radius 1 is 1.00 bits per heavy atom. The predicted molar refractivity (Wildman–Crippen MR) is 129 cm³/mol. The summed E-state index contributed by atoms with van der Waals surface area (Å²) in [6.07, 6.45) is 4.84. The van der Waals surface area contributed by atoms with Crippen molar-refractivity contribution in [3.8, 4) is 16.9 Å². The summed E-state index contributed by atoms with van der Waals surface area (Å²) in [5, 5.41) is 4.72. The summed E-state index contributed by atoms with van der Waals surface area (Å²) in [5.41, 5.74) is 9.04. The molecule has 170 valence electrons. The van der Waals surface area contributed by atoms with Crippen LogP contribution in [0.2, 0.25) is 0 Å². The van der Waals surface area contributed by atoms with Gasteiger partial charge in [0.25, 0.3) is 0 Å². The Morgan fingerprint density at radius 3 is 2.32 bits per heavy atom. The number of amides is 2. The van der Waals surface area contributed by atoms with Crippen molar-refractivity contribution in [3.05, 3.63) is 114 Å². The van der Waals surface area contributed by atoms with E-state index in [-0.39, 0.29) is 0 Å². The van der Waals surface area contributed by atoms with Crippen LogP contribution in [-0.4, -0.2) is 33.5 Å². The Labute approximate surface area is 196 Å². The average Bonchev–Trinajstić information content (AvgIpc) is 3.28. The molecule has 0 fully saturated rings. The van der Waals surface area contributed by atoms with Gasteiger partial charge in [-0.1, -0.05) is 60.7 Å². The van der Waals surface area contributed by atoms with E-state index in [1.54, 1.807) is 16.8 Å². The van der Waals surface area contributed by atoms with E-state index < -0.39 is 23.7 Å². The minimum atomic E-state index is -1.10. The summed E-state index contributed by atoms with van der Waals surface area (Å²) in [7, 11) is 1.46. The monoisotopic (exact) mass is 454 g/mol. The number of rotatable bonds is 7. The Balaban J connectivity index is 1.66. The maximum atomic E-state index is 13.7. The number of primary amides is 1. The lowest BCUT2D eigenvalue weighted by Crippen LogP contribution is -2.38. The fourth-order valence-corrected chi connectivity index (χ4v) is 3.70. The van der Waals surface area contributed by atoms with Gasteiger partial charge in [0.2, 0.25) is 11.8 Å². The highest BCUT2D eigenvalue weighted by Gasteiger charge is 2.26. The van der Waals surface area contributed by atoms with Crippen molar-refractivity contribution in [2.45, 2.75) is 6.04 Å². The molecule has 3 aromatic carbocycles. The summed E-state index contributed by atoms with van der Waals surface area (Å²) in [4.78, 5) is 26.2. The fourth-order valence-electron chi connectivity index (χ4n) is 3.70. The first kappa shape index (κ1) is 22.7. The molecule has 2 amide bonds. The number of nitrogens with two attached hydrogens (primary N) is 1. The minimum Gasteiger partial charge on any atom is -0.368 e. The number of hydrogen-bond acceptors (Lipinski definition) is 3. The van der Waals surface area contributed by atoms with E-state index in [0.717, 1.165) is 16.8 Å². The molecule has 1 aromatic heterocycles. The maximum absolute atomic E-state index is 13.7. The molecule has 4 rings (SSSR count). The normalized spacial score (nSPS) is 11.9. The molecule has 1 unspecified atom stereocenters. The molecule has 1 heterocycles. The molecular formula is C27H23FN4O2. The number of carbonyl (C=O) groups excluding carboxylic acids is 2. The minimum absolute atomic E-state index is 0.304. The smallest absolute Gasteiger partial charge is 0.247 e. The third kappa shape index (κ3) is 4.94. The first-order chi connectivity index (χ1) is 16.4. The van der Waals surface area contributed by atoms with Crippen LogP contribution < -0.4 is 5.73 Å². The first-order valence-corrected chi connectivity index (χ1v) is 10.6. The van der Waals surface area contributed by atoms with Crippen molar-refractivity contribution in [1.82, 2.24) is 14.7 Å². The number of carbonyl (C=O) groups is 2. The second-order valence-electron chi connectivity index (χ2n) is 7.72. The summed E-state index contributed by atoms with van der Waals surface area (Å²) >= 11 is 0. The Kier molecular flexibility index (Phi) is 6.64. The molecule has 4 aromatic rings. The highest BCUT2D eigenvalue weighted by molar-refractivity contribution is 5.96. The van der Waals surface area contributed by atoms with Crippen molar-refractivity contribution < 1.29 is 14.0 Å². The quantitative estimate of drug-likeness (QED) is 0.421. The van der Waals surface area contributed by atoms with Crippen LogP contribution in [0.4, 0.5) is 4.39 Å². The molecule has 0 bridgehead atoms. The van der Waals surface area contributed by atoms with Crippen molar-refractivity contribution >= 4 is 17.9 Å². The Morgan fingerprint density at radius 2 is 1.68 bits per heavy atom. The molecule has 2 N–H and O–H groups in total. The summed E-state index contributed by atoms with van der Waals surface area (Å²) in [6, 6.07) is 23.7. The third-order valence-electron chi connectivity index (χ3n) is 5.38. The Bertz CT molecular complexity index is 1330. The number of aromatic nitrogens is 2. The molecule has 34 heavy (non-hydrogen) atoms. The summed E-state index contributed by atoms with van der Waals surface area (Å²) in [5.74, 6) is -1.72. The predicted octanol–water partition coefficient (Wildman–Crippen LogP) is 4.38. The largest absolute Gasteiger partial charge is 0.368 e.